The molecule has 0 saturated heterocycles. The Morgan fingerprint density at radius 3 is 2.61 bits per heavy atom. The molecule has 0 radical (unpaired) electrons. The summed E-state index contributed by atoms with van der Waals surface area (Å²) in [6.45, 7) is 1.81. The number of carbonyl (C=O) groups excluding carboxylic acids is 2. The highest BCUT2D eigenvalue weighted by molar-refractivity contribution is 6.24. The first kappa shape index (κ1) is 16.9. The van der Waals surface area contributed by atoms with Gasteiger partial charge in [0.05, 0.1) is 5.57 Å². The smallest absolute Gasteiger partial charge is 0.168 e. The summed E-state index contributed by atoms with van der Waals surface area (Å²) in [5.74, 6) is -1.30. The largest absolute Gasteiger partial charge is 0.550 e. The van der Waals surface area contributed by atoms with E-state index in [0.717, 1.165) is 5.56 Å². The van der Waals surface area contributed by atoms with Crippen molar-refractivity contribution in [1.29, 1.82) is 0 Å². The number of carboxylic acids is 1. The lowest BCUT2D eigenvalue weighted by Gasteiger charge is -2.26. The number of hydrogen-bond donors (Lipinski definition) is 1. The molecule has 5 heteroatoms. The highest BCUT2D eigenvalue weighted by Gasteiger charge is 2.31. The summed E-state index contributed by atoms with van der Waals surface area (Å²) >= 11 is 0. The van der Waals surface area contributed by atoms with Crippen molar-refractivity contribution in [3.05, 3.63) is 47.2 Å². The fourth-order valence-corrected chi connectivity index (χ4v) is 2.79. The van der Waals surface area contributed by atoms with Crippen molar-refractivity contribution in [2.45, 2.75) is 38.5 Å². The van der Waals surface area contributed by atoms with Crippen molar-refractivity contribution < 1.29 is 19.8 Å². The third-order valence-corrected chi connectivity index (χ3v) is 3.95. The second kappa shape index (κ2) is 7.72. The van der Waals surface area contributed by atoms with Gasteiger partial charge in [-0.3, -0.25) is 9.79 Å². The van der Waals surface area contributed by atoms with Crippen LogP contribution < -0.4 is 5.11 Å². The zero-order valence-corrected chi connectivity index (χ0v) is 13.1. The summed E-state index contributed by atoms with van der Waals surface area (Å²) in [7, 11) is 0. The molecular formula is C18H20NO4-. The number of rotatable bonds is 5. The Balaban J connectivity index is 2.30. The zero-order valence-electron chi connectivity index (χ0n) is 13.1. The van der Waals surface area contributed by atoms with Crippen molar-refractivity contribution in [3.63, 3.8) is 0 Å². The van der Waals surface area contributed by atoms with Crippen LogP contribution in [0.15, 0.2) is 46.7 Å². The highest BCUT2D eigenvalue weighted by atomic mass is 16.4. The standard InChI is InChI=1S/C18H21NO4/c1-2-15(20)18-14(19-9-8-17(22)23)10-13(11-16(18)21)12-6-4-3-5-7-12/h3-7,13,20H,2,8-11H2,1H3,(H,22,23)/p-1/b18-15+,19-14?. The van der Waals surface area contributed by atoms with Crippen LogP contribution in [0.3, 0.4) is 0 Å². The quantitative estimate of drug-likeness (QED) is 0.664. The Bertz CT molecular complexity index is 646. The molecule has 0 heterocycles. The fourth-order valence-electron chi connectivity index (χ4n) is 2.79. The summed E-state index contributed by atoms with van der Waals surface area (Å²) in [5.41, 5.74) is 1.80. The van der Waals surface area contributed by atoms with E-state index in [1.54, 1.807) is 6.92 Å². The van der Waals surface area contributed by atoms with Gasteiger partial charge in [-0.15, -0.1) is 0 Å². The van der Waals surface area contributed by atoms with Gasteiger partial charge in [0.2, 0.25) is 0 Å². The van der Waals surface area contributed by atoms with Gasteiger partial charge in [-0.1, -0.05) is 37.3 Å². The van der Waals surface area contributed by atoms with E-state index in [0.29, 0.717) is 25.0 Å². The lowest BCUT2D eigenvalue weighted by molar-refractivity contribution is -0.305. The van der Waals surface area contributed by atoms with E-state index in [9.17, 15) is 19.8 Å². The maximum Gasteiger partial charge on any atom is 0.168 e. The van der Waals surface area contributed by atoms with E-state index >= 15 is 0 Å². The van der Waals surface area contributed by atoms with Crippen molar-refractivity contribution in [3.8, 4) is 0 Å². The molecule has 0 aliphatic heterocycles. The first-order valence-electron chi connectivity index (χ1n) is 7.76. The van der Waals surface area contributed by atoms with E-state index in [4.69, 9.17) is 0 Å². The Kier molecular flexibility index (Phi) is 5.68. The van der Waals surface area contributed by atoms with Crippen LogP contribution in [0.4, 0.5) is 0 Å². The SMILES string of the molecule is CC/C(O)=C1\C(=O)CC(c2ccccc2)CC1=NCCC(=O)[O-]. The second-order valence-corrected chi connectivity index (χ2v) is 5.56. The molecule has 0 amide bonds. The predicted octanol–water partition coefficient (Wildman–Crippen LogP) is 1.94. The molecular weight excluding hydrogens is 294 g/mol. The van der Waals surface area contributed by atoms with Crippen LogP contribution >= 0.6 is 0 Å². The van der Waals surface area contributed by atoms with E-state index in [1.165, 1.54) is 0 Å². The number of ketones is 1. The molecule has 122 valence electrons. The molecule has 1 saturated carbocycles. The van der Waals surface area contributed by atoms with Crippen LogP contribution in [-0.2, 0) is 9.59 Å². The number of Topliss-reactive ketones (excluding diaryl/α,β-unsaturated/α-hetero) is 1. The average molecular weight is 314 g/mol. The van der Waals surface area contributed by atoms with Crippen LogP contribution in [0.2, 0.25) is 0 Å². The summed E-state index contributed by atoms with van der Waals surface area (Å²) in [4.78, 5) is 27.3. The minimum absolute atomic E-state index is 0.00110. The Morgan fingerprint density at radius 1 is 1.30 bits per heavy atom. The molecule has 1 aliphatic carbocycles. The lowest BCUT2D eigenvalue weighted by atomic mass is 9.79. The number of aliphatic hydroxyl groups is 1. The van der Waals surface area contributed by atoms with Gasteiger partial charge in [-0.25, -0.2) is 0 Å². The molecule has 2 rings (SSSR count). The van der Waals surface area contributed by atoms with Crippen molar-refractivity contribution in [1.82, 2.24) is 0 Å². The van der Waals surface area contributed by atoms with Gasteiger partial charge in [-0.2, -0.15) is 0 Å². The molecule has 1 unspecified atom stereocenters. The maximum atomic E-state index is 12.5. The molecule has 1 atom stereocenters. The number of aliphatic carboxylic acids is 1. The predicted molar refractivity (Wildman–Crippen MR) is 85.3 cm³/mol. The number of aliphatic imine (C=N–C) groups is 1. The van der Waals surface area contributed by atoms with E-state index < -0.39 is 5.97 Å². The highest BCUT2D eigenvalue weighted by Crippen LogP contribution is 2.33. The van der Waals surface area contributed by atoms with Crippen molar-refractivity contribution in [2.24, 2.45) is 4.99 Å². The zero-order chi connectivity index (χ0) is 16.8. The minimum Gasteiger partial charge on any atom is -0.550 e. The first-order chi connectivity index (χ1) is 11.0. The van der Waals surface area contributed by atoms with Gasteiger partial charge in [0.15, 0.2) is 5.78 Å². The molecule has 5 nitrogen and oxygen atoms in total. The van der Waals surface area contributed by atoms with Gasteiger partial charge in [0.25, 0.3) is 0 Å². The fraction of sp³-hybridized carbons (Fsp3) is 0.389. The van der Waals surface area contributed by atoms with Crippen molar-refractivity contribution in [2.75, 3.05) is 6.54 Å². The van der Waals surface area contributed by atoms with E-state index in [2.05, 4.69) is 4.99 Å². The van der Waals surface area contributed by atoms with Gasteiger partial charge in [0.1, 0.15) is 5.76 Å². The number of carboxylic acid groups (broad SMARTS) is 1. The van der Waals surface area contributed by atoms with Crippen LogP contribution in [-0.4, -0.2) is 29.1 Å². The summed E-state index contributed by atoms with van der Waals surface area (Å²) in [6.07, 6.45) is 0.982. The number of benzene rings is 1. The monoisotopic (exact) mass is 314 g/mol. The molecule has 0 aromatic heterocycles. The Morgan fingerprint density at radius 2 is 2.00 bits per heavy atom. The topological polar surface area (TPSA) is 89.8 Å². The van der Waals surface area contributed by atoms with Crippen LogP contribution in [0, 0.1) is 0 Å². The molecule has 1 aromatic carbocycles. The molecule has 1 aromatic rings. The van der Waals surface area contributed by atoms with Crippen LogP contribution in [0.25, 0.3) is 0 Å². The normalized spacial score (nSPS) is 22.2. The van der Waals surface area contributed by atoms with Gasteiger partial charge >= 0.3 is 0 Å². The summed E-state index contributed by atoms with van der Waals surface area (Å²) < 4.78 is 0. The van der Waals surface area contributed by atoms with E-state index in [1.807, 2.05) is 30.3 Å². The number of nitrogens with zero attached hydrogens (tertiary/aromatic N) is 1. The first-order valence-corrected chi connectivity index (χ1v) is 7.76. The number of carbonyl (C=O) groups is 2. The third kappa shape index (κ3) is 4.28. The Hall–Kier alpha value is -2.43. The maximum absolute atomic E-state index is 12.5. The summed E-state index contributed by atoms with van der Waals surface area (Å²) in [5, 5.41) is 20.6. The molecule has 0 spiro atoms. The van der Waals surface area contributed by atoms with Crippen LogP contribution in [0.5, 0.6) is 0 Å². The minimum atomic E-state index is -1.18. The molecule has 23 heavy (non-hydrogen) atoms. The summed E-state index contributed by atoms with van der Waals surface area (Å²) in [6, 6.07) is 9.68. The van der Waals surface area contributed by atoms with Gasteiger partial charge in [-0.05, 0) is 17.9 Å². The lowest BCUT2D eigenvalue weighted by Crippen LogP contribution is -2.27. The second-order valence-electron chi connectivity index (χ2n) is 5.56. The number of hydrogen-bond acceptors (Lipinski definition) is 5. The number of allylic oxidation sites excluding steroid dienone is 2. The van der Waals surface area contributed by atoms with Crippen LogP contribution in [0.1, 0.15) is 44.1 Å². The molecule has 1 N–H and O–H groups in total. The van der Waals surface area contributed by atoms with E-state index in [-0.39, 0.29) is 36.0 Å². The van der Waals surface area contributed by atoms with Crippen molar-refractivity contribution >= 4 is 17.5 Å². The molecule has 0 bridgehead atoms. The van der Waals surface area contributed by atoms with Gasteiger partial charge < -0.3 is 15.0 Å². The molecule has 1 aliphatic rings. The number of aliphatic hydroxyl groups excluding tert-OH is 1. The van der Waals surface area contributed by atoms with Gasteiger partial charge in [0, 0.05) is 37.5 Å². The average Bonchev–Trinajstić information content (AvgIpc) is 2.54. The molecule has 1 fully saturated rings. The Labute approximate surface area is 135 Å². The third-order valence-electron chi connectivity index (χ3n) is 3.95.